The van der Waals surface area contributed by atoms with E-state index in [9.17, 15) is 4.79 Å². The second kappa shape index (κ2) is 5.79. The van der Waals surface area contributed by atoms with E-state index in [0.717, 1.165) is 41.4 Å². The molecule has 0 atom stereocenters. The van der Waals surface area contributed by atoms with Gasteiger partial charge in [-0.05, 0) is 19.1 Å². The van der Waals surface area contributed by atoms with Gasteiger partial charge in [0.1, 0.15) is 0 Å². The van der Waals surface area contributed by atoms with Gasteiger partial charge in [-0.25, -0.2) is 9.50 Å². The van der Waals surface area contributed by atoms with Crippen LogP contribution in [0.15, 0.2) is 36.8 Å². The average molecular weight is 348 g/mol. The summed E-state index contributed by atoms with van der Waals surface area (Å²) in [5, 5.41) is 4.51. The fraction of sp³-hybridized carbons (Fsp3) is 0.368. The highest BCUT2D eigenvalue weighted by atomic mass is 16.2. The number of amides is 1. The summed E-state index contributed by atoms with van der Waals surface area (Å²) in [5.41, 5.74) is 5.11. The van der Waals surface area contributed by atoms with Gasteiger partial charge in [0.25, 0.3) is 0 Å². The van der Waals surface area contributed by atoms with Crippen LogP contribution >= 0.6 is 0 Å². The largest absolute Gasteiger partial charge is 0.370 e. The molecule has 3 aromatic heterocycles. The number of nitrogens with zero attached hydrogens (tertiary/aromatic N) is 6. The Balaban J connectivity index is 1.23. The molecule has 2 aliphatic rings. The number of anilines is 1. The van der Waals surface area contributed by atoms with Crippen LogP contribution in [0.2, 0.25) is 0 Å². The van der Waals surface area contributed by atoms with Gasteiger partial charge in [0.05, 0.1) is 29.8 Å². The Morgan fingerprint density at radius 2 is 2.15 bits per heavy atom. The lowest BCUT2D eigenvalue weighted by atomic mass is 9.95. The predicted octanol–water partition coefficient (Wildman–Crippen LogP) is 1.80. The summed E-state index contributed by atoms with van der Waals surface area (Å²) >= 11 is 0. The smallest absolute Gasteiger partial charge is 0.223 e. The number of hydrogen-bond donors (Lipinski definition) is 0. The molecule has 7 heteroatoms. The molecule has 132 valence electrons. The SMILES string of the molecule is Cc1cc2ncc3c(n2n1)CN(C(=O)CC1CN(c2cccnc2)C1)C3. The van der Waals surface area contributed by atoms with Crippen molar-refractivity contribution in [3.05, 3.63) is 53.7 Å². The van der Waals surface area contributed by atoms with Gasteiger partial charge in [0, 0.05) is 56.0 Å². The van der Waals surface area contributed by atoms with Gasteiger partial charge >= 0.3 is 0 Å². The zero-order valence-electron chi connectivity index (χ0n) is 14.7. The van der Waals surface area contributed by atoms with Crippen molar-refractivity contribution >= 4 is 17.2 Å². The molecule has 0 N–H and O–H groups in total. The number of aromatic nitrogens is 4. The first-order valence-corrected chi connectivity index (χ1v) is 8.93. The number of fused-ring (bicyclic) bond motifs is 3. The maximum atomic E-state index is 12.7. The number of carbonyl (C=O) groups is 1. The summed E-state index contributed by atoms with van der Waals surface area (Å²) in [5.74, 6) is 0.630. The fourth-order valence-corrected chi connectivity index (χ4v) is 3.88. The second-order valence-electron chi connectivity index (χ2n) is 7.22. The lowest BCUT2D eigenvalue weighted by molar-refractivity contribution is -0.133. The molecule has 0 aromatic carbocycles. The standard InChI is InChI=1S/C19H20N6O/c1-13-5-18-21-7-15-11-24(12-17(15)25(18)22-13)19(26)6-14-9-23(10-14)16-3-2-4-20-8-16/h2-5,7-8,14H,6,9-12H2,1H3. The first-order chi connectivity index (χ1) is 12.7. The number of carbonyl (C=O) groups excluding carboxylic acids is 1. The van der Waals surface area contributed by atoms with Crippen molar-refractivity contribution in [2.75, 3.05) is 18.0 Å². The van der Waals surface area contributed by atoms with Crippen LogP contribution in [0.3, 0.4) is 0 Å². The molecule has 26 heavy (non-hydrogen) atoms. The van der Waals surface area contributed by atoms with E-state index in [0.29, 0.717) is 25.4 Å². The minimum Gasteiger partial charge on any atom is -0.370 e. The summed E-state index contributed by atoms with van der Waals surface area (Å²) < 4.78 is 1.88. The van der Waals surface area contributed by atoms with Gasteiger partial charge in [-0.15, -0.1) is 0 Å². The van der Waals surface area contributed by atoms with Gasteiger partial charge in [0.2, 0.25) is 5.91 Å². The fourth-order valence-electron chi connectivity index (χ4n) is 3.88. The van der Waals surface area contributed by atoms with Crippen molar-refractivity contribution in [2.24, 2.45) is 5.92 Å². The molecule has 0 radical (unpaired) electrons. The van der Waals surface area contributed by atoms with Gasteiger partial charge in [-0.2, -0.15) is 5.10 Å². The summed E-state index contributed by atoms with van der Waals surface area (Å²) in [7, 11) is 0. The number of hydrogen-bond acceptors (Lipinski definition) is 5. The monoisotopic (exact) mass is 348 g/mol. The maximum Gasteiger partial charge on any atom is 0.223 e. The van der Waals surface area contributed by atoms with Crippen LogP contribution in [0.5, 0.6) is 0 Å². The predicted molar refractivity (Wildman–Crippen MR) is 96.5 cm³/mol. The van der Waals surface area contributed by atoms with E-state index in [1.54, 1.807) is 6.20 Å². The highest BCUT2D eigenvalue weighted by Gasteiger charge is 2.33. The minimum atomic E-state index is 0.217. The van der Waals surface area contributed by atoms with Crippen molar-refractivity contribution < 1.29 is 4.79 Å². The van der Waals surface area contributed by atoms with Gasteiger partial charge in [-0.1, -0.05) is 0 Å². The first-order valence-electron chi connectivity index (χ1n) is 8.93. The highest BCUT2D eigenvalue weighted by molar-refractivity contribution is 5.77. The minimum absolute atomic E-state index is 0.217. The Bertz CT molecular complexity index is 976. The molecule has 5 rings (SSSR count). The van der Waals surface area contributed by atoms with E-state index in [4.69, 9.17) is 0 Å². The molecule has 0 spiro atoms. The molecule has 1 fully saturated rings. The molecule has 5 heterocycles. The quantitative estimate of drug-likeness (QED) is 0.722. The van der Waals surface area contributed by atoms with Crippen LogP contribution < -0.4 is 4.90 Å². The lowest BCUT2D eigenvalue weighted by Crippen LogP contribution is -2.48. The van der Waals surface area contributed by atoms with Gasteiger partial charge in [-0.3, -0.25) is 9.78 Å². The Kier molecular flexibility index (Phi) is 3.41. The topological polar surface area (TPSA) is 66.6 Å². The highest BCUT2D eigenvalue weighted by Crippen LogP contribution is 2.28. The molecular weight excluding hydrogens is 328 g/mol. The normalized spacial score (nSPS) is 16.8. The molecular formula is C19H20N6O. The molecule has 7 nitrogen and oxygen atoms in total. The third kappa shape index (κ3) is 2.51. The van der Waals surface area contributed by atoms with Crippen molar-refractivity contribution in [3.8, 4) is 0 Å². The summed E-state index contributed by atoms with van der Waals surface area (Å²) in [6, 6.07) is 5.97. The number of aryl methyl sites for hydroxylation is 1. The van der Waals surface area contributed by atoms with Crippen LogP contribution in [0, 0.1) is 12.8 Å². The zero-order chi connectivity index (χ0) is 17.7. The zero-order valence-corrected chi connectivity index (χ0v) is 14.7. The van der Waals surface area contributed by atoms with Crippen molar-refractivity contribution in [2.45, 2.75) is 26.4 Å². The summed E-state index contributed by atoms with van der Waals surface area (Å²) in [6.07, 6.45) is 6.13. The van der Waals surface area contributed by atoms with Crippen LogP contribution in [0.1, 0.15) is 23.4 Å². The van der Waals surface area contributed by atoms with Crippen molar-refractivity contribution in [1.82, 2.24) is 24.5 Å². The number of rotatable bonds is 3. The lowest BCUT2D eigenvalue weighted by Gasteiger charge is -2.41. The molecule has 0 aliphatic carbocycles. The molecule has 0 saturated carbocycles. The Hall–Kier alpha value is -2.96. The van der Waals surface area contributed by atoms with E-state index >= 15 is 0 Å². The first kappa shape index (κ1) is 15.3. The Morgan fingerprint density at radius 3 is 2.96 bits per heavy atom. The van der Waals surface area contributed by atoms with E-state index in [1.165, 1.54) is 0 Å². The molecule has 2 aliphatic heterocycles. The van der Waals surface area contributed by atoms with Gasteiger partial charge in [0.15, 0.2) is 5.65 Å². The number of pyridine rings is 1. The average Bonchev–Trinajstić information content (AvgIpc) is 3.20. The molecule has 0 unspecified atom stereocenters. The maximum absolute atomic E-state index is 12.7. The van der Waals surface area contributed by atoms with E-state index in [1.807, 2.05) is 40.9 Å². The third-order valence-corrected chi connectivity index (χ3v) is 5.28. The van der Waals surface area contributed by atoms with Crippen LogP contribution in [-0.4, -0.2) is 43.5 Å². The molecule has 0 bridgehead atoms. The van der Waals surface area contributed by atoms with Crippen LogP contribution in [0.4, 0.5) is 5.69 Å². The molecule has 1 amide bonds. The summed E-state index contributed by atoms with van der Waals surface area (Å²) in [4.78, 5) is 25.5. The van der Waals surface area contributed by atoms with E-state index < -0.39 is 0 Å². The summed E-state index contributed by atoms with van der Waals surface area (Å²) in [6.45, 7) is 5.05. The molecule has 3 aromatic rings. The molecule has 1 saturated heterocycles. The Labute approximate surface area is 151 Å². The van der Waals surface area contributed by atoms with Gasteiger partial charge < -0.3 is 9.80 Å². The second-order valence-corrected chi connectivity index (χ2v) is 7.22. The van der Waals surface area contributed by atoms with E-state index in [2.05, 4.69) is 26.0 Å². The van der Waals surface area contributed by atoms with Crippen LogP contribution in [-0.2, 0) is 17.9 Å². The van der Waals surface area contributed by atoms with Crippen molar-refractivity contribution in [1.29, 1.82) is 0 Å². The van der Waals surface area contributed by atoms with Crippen LogP contribution in [0.25, 0.3) is 5.65 Å². The van der Waals surface area contributed by atoms with Crippen molar-refractivity contribution in [3.63, 3.8) is 0 Å². The third-order valence-electron chi connectivity index (χ3n) is 5.28. The van der Waals surface area contributed by atoms with E-state index in [-0.39, 0.29) is 5.91 Å². The Morgan fingerprint density at radius 1 is 1.27 bits per heavy atom.